The number of sulfonamides is 1. The first-order valence-electron chi connectivity index (χ1n) is 8.66. The lowest BCUT2D eigenvalue weighted by atomic mass is 10.2. The molecule has 4 rings (SSSR count). The molecule has 9 nitrogen and oxygen atoms in total. The van der Waals surface area contributed by atoms with E-state index in [9.17, 15) is 12.8 Å². The third-order valence-corrected chi connectivity index (χ3v) is 5.84. The molecule has 3 N–H and O–H groups in total. The van der Waals surface area contributed by atoms with Crippen LogP contribution in [0.5, 0.6) is 0 Å². The third-order valence-electron chi connectivity index (χ3n) is 4.18. The summed E-state index contributed by atoms with van der Waals surface area (Å²) in [4.78, 5) is 11.6. The molecule has 0 aromatic carbocycles. The Hall–Kier alpha value is -3.75. The summed E-state index contributed by atoms with van der Waals surface area (Å²) in [6.45, 7) is 1.49. The smallest absolute Gasteiger partial charge is 0.264 e. The van der Waals surface area contributed by atoms with Crippen molar-refractivity contribution in [3.63, 3.8) is 0 Å². The summed E-state index contributed by atoms with van der Waals surface area (Å²) in [5.74, 6) is 4.34. The summed E-state index contributed by atoms with van der Waals surface area (Å²) in [6.07, 6.45) is 5.50. The Balaban J connectivity index is 1.69. The lowest BCUT2D eigenvalue weighted by Crippen LogP contribution is -2.17. The minimum atomic E-state index is -4.18. The van der Waals surface area contributed by atoms with Crippen molar-refractivity contribution >= 4 is 38.9 Å². The Morgan fingerprint density at radius 3 is 2.68 bits per heavy atom. The van der Waals surface area contributed by atoms with Gasteiger partial charge in [-0.25, -0.2) is 22.8 Å². The molecule has 0 amide bonds. The number of rotatable bonds is 3. The van der Waals surface area contributed by atoms with Crippen molar-refractivity contribution < 1.29 is 12.8 Å². The fourth-order valence-electron chi connectivity index (χ4n) is 2.69. The van der Waals surface area contributed by atoms with Crippen LogP contribution in [0, 0.1) is 24.6 Å². The monoisotopic (exact) mass is 457 g/mol. The SMILES string of the molecule is Cc1ncc(Cl)cc1S(=O)(=O)Nc1nccc(C#Cc2cnn3c(N)ccnc23)c1F. The predicted octanol–water partition coefficient (Wildman–Crippen LogP) is 2.40. The van der Waals surface area contributed by atoms with Crippen molar-refractivity contribution in [1.82, 2.24) is 24.6 Å². The van der Waals surface area contributed by atoms with Crippen LogP contribution in [0.25, 0.3) is 5.65 Å². The molecule has 0 aliphatic rings. The van der Waals surface area contributed by atoms with Crippen LogP contribution in [0.2, 0.25) is 5.02 Å². The summed E-state index contributed by atoms with van der Waals surface area (Å²) in [6, 6.07) is 4.12. The van der Waals surface area contributed by atoms with Crippen LogP contribution < -0.4 is 10.5 Å². The van der Waals surface area contributed by atoms with Crippen LogP contribution in [-0.2, 0) is 10.0 Å². The number of halogens is 2. The summed E-state index contributed by atoms with van der Waals surface area (Å²) in [5, 5.41) is 4.21. The maximum absolute atomic E-state index is 14.9. The molecule has 156 valence electrons. The molecular formula is C19H13ClFN7O2S. The minimum Gasteiger partial charge on any atom is -0.384 e. The molecule has 0 atom stereocenters. The highest BCUT2D eigenvalue weighted by Crippen LogP contribution is 2.23. The average molecular weight is 458 g/mol. The van der Waals surface area contributed by atoms with Gasteiger partial charge in [0.2, 0.25) is 0 Å². The first kappa shape index (κ1) is 20.5. The second kappa shape index (κ2) is 7.82. The van der Waals surface area contributed by atoms with Gasteiger partial charge in [-0.3, -0.25) is 9.71 Å². The fourth-order valence-corrected chi connectivity index (χ4v) is 4.14. The topological polar surface area (TPSA) is 128 Å². The van der Waals surface area contributed by atoms with Crippen molar-refractivity contribution in [3.05, 3.63) is 70.6 Å². The Morgan fingerprint density at radius 2 is 1.87 bits per heavy atom. The summed E-state index contributed by atoms with van der Waals surface area (Å²) < 4.78 is 43.8. The quantitative estimate of drug-likeness (QED) is 0.452. The lowest BCUT2D eigenvalue weighted by Gasteiger charge is -2.10. The maximum Gasteiger partial charge on any atom is 0.264 e. The first-order chi connectivity index (χ1) is 14.8. The van der Waals surface area contributed by atoms with E-state index in [1.807, 2.05) is 0 Å². The van der Waals surface area contributed by atoms with Crippen molar-refractivity contribution in [2.75, 3.05) is 10.5 Å². The van der Waals surface area contributed by atoms with E-state index >= 15 is 0 Å². The largest absolute Gasteiger partial charge is 0.384 e. The van der Waals surface area contributed by atoms with Gasteiger partial charge < -0.3 is 5.73 Å². The van der Waals surface area contributed by atoms with E-state index in [4.69, 9.17) is 17.3 Å². The Labute approximate surface area is 181 Å². The molecule has 0 unspecified atom stereocenters. The first-order valence-corrected chi connectivity index (χ1v) is 10.5. The van der Waals surface area contributed by atoms with Gasteiger partial charge in [0.15, 0.2) is 17.3 Å². The number of nitrogens with two attached hydrogens (primary N) is 1. The number of aromatic nitrogens is 5. The van der Waals surface area contributed by atoms with Crippen molar-refractivity contribution in [2.45, 2.75) is 11.8 Å². The molecule has 31 heavy (non-hydrogen) atoms. The second-order valence-electron chi connectivity index (χ2n) is 6.28. The molecule has 0 saturated heterocycles. The van der Waals surface area contributed by atoms with E-state index in [1.54, 1.807) is 6.07 Å². The van der Waals surface area contributed by atoms with Gasteiger partial charge in [-0.05, 0) is 25.1 Å². The molecule has 12 heteroatoms. The van der Waals surface area contributed by atoms with E-state index in [-0.39, 0.29) is 21.2 Å². The van der Waals surface area contributed by atoms with Crippen LogP contribution in [0.1, 0.15) is 16.8 Å². The van der Waals surface area contributed by atoms with E-state index in [0.29, 0.717) is 17.0 Å². The Morgan fingerprint density at radius 1 is 1.13 bits per heavy atom. The fraction of sp³-hybridized carbons (Fsp3) is 0.0526. The summed E-state index contributed by atoms with van der Waals surface area (Å²) >= 11 is 5.84. The lowest BCUT2D eigenvalue weighted by molar-refractivity contribution is 0.596. The molecule has 0 saturated carbocycles. The highest BCUT2D eigenvalue weighted by Gasteiger charge is 2.21. The number of hydrogen-bond acceptors (Lipinski definition) is 7. The van der Waals surface area contributed by atoms with Gasteiger partial charge in [0.1, 0.15) is 10.7 Å². The normalized spacial score (nSPS) is 11.2. The zero-order valence-corrected chi connectivity index (χ0v) is 17.4. The predicted molar refractivity (Wildman–Crippen MR) is 112 cm³/mol. The Bertz CT molecular complexity index is 1490. The number of nitrogens with zero attached hydrogens (tertiary/aromatic N) is 5. The molecular weight excluding hydrogens is 445 g/mol. The summed E-state index contributed by atoms with van der Waals surface area (Å²) in [7, 11) is -4.18. The van der Waals surface area contributed by atoms with Gasteiger partial charge in [0, 0.05) is 18.6 Å². The number of aryl methyl sites for hydroxylation is 1. The third kappa shape index (κ3) is 3.98. The summed E-state index contributed by atoms with van der Waals surface area (Å²) in [5.41, 5.74) is 6.77. The standard InChI is InChI=1S/C19H13ClFN7O2S/c1-11-15(8-14(20)10-25-11)31(29,30)27-18-17(21)12(4-6-23-18)2-3-13-9-26-28-16(22)5-7-24-19(13)28/h4-10H,22H2,1H3,(H,23,27). The maximum atomic E-state index is 14.9. The van der Waals surface area contributed by atoms with Gasteiger partial charge in [0.25, 0.3) is 10.0 Å². The van der Waals surface area contributed by atoms with Gasteiger partial charge >= 0.3 is 0 Å². The van der Waals surface area contributed by atoms with Crippen LogP contribution in [0.15, 0.2) is 47.9 Å². The molecule has 0 fully saturated rings. The number of nitrogen functional groups attached to an aromatic ring is 1. The highest BCUT2D eigenvalue weighted by molar-refractivity contribution is 7.92. The van der Waals surface area contributed by atoms with Crippen LogP contribution in [0.3, 0.4) is 0 Å². The number of hydrogen-bond donors (Lipinski definition) is 2. The van der Waals surface area contributed by atoms with E-state index in [1.165, 1.54) is 48.4 Å². The molecule has 0 bridgehead atoms. The van der Waals surface area contributed by atoms with E-state index < -0.39 is 21.7 Å². The molecule has 4 aromatic heterocycles. The molecule has 4 heterocycles. The molecule has 0 aliphatic carbocycles. The van der Waals surface area contributed by atoms with Gasteiger partial charge in [0.05, 0.1) is 28.0 Å². The zero-order chi connectivity index (χ0) is 22.2. The minimum absolute atomic E-state index is 0.0723. The van der Waals surface area contributed by atoms with Crippen molar-refractivity contribution in [3.8, 4) is 11.8 Å². The average Bonchev–Trinajstić information content (AvgIpc) is 3.15. The molecule has 0 radical (unpaired) electrons. The van der Waals surface area contributed by atoms with Crippen molar-refractivity contribution in [2.24, 2.45) is 0 Å². The van der Waals surface area contributed by atoms with Gasteiger partial charge in [-0.15, -0.1) is 0 Å². The molecule has 4 aromatic rings. The van der Waals surface area contributed by atoms with Gasteiger partial charge in [-0.1, -0.05) is 23.4 Å². The van der Waals surface area contributed by atoms with E-state index in [2.05, 4.69) is 36.6 Å². The van der Waals surface area contributed by atoms with Crippen LogP contribution in [0.4, 0.5) is 16.0 Å². The van der Waals surface area contributed by atoms with Crippen LogP contribution >= 0.6 is 11.6 Å². The molecule has 0 spiro atoms. The van der Waals surface area contributed by atoms with E-state index in [0.717, 1.165) is 0 Å². The Kier molecular flexibility index (Phi) is 5.18. The highest BCUT2D eigenvalue weighted by atomic mass is 35.5. The van der Waals surface area contributed by atoms with Crippen LogP contribution in [-0.4, -0.2) is 33.0 Å². The molecule has 0 aliphatic heterocycles. The number of pyridine rings is 2. The zero-order valence-electron chi connectivity index (χ0n) is 15.8. The second-order valence-corrected chi connectivity index (χ2v) is 8.36. The number of anilines is 2. The number of fused-ring (bicyclic) bond motifs is 1. The van der Waals surface area contributed by atoms with Gasteiger partial charge in [-0.2, -0.15) is 9.61 Å². The number of nitrogens with one attached hydrogen (secondary N) is 1. The van der Waals surface area contributed by atoms with Crippen molar-refractivity contribution in [1.29, 1.82) is 0 Å².